The molecule has 2 nitrogen and oxygen atoms in total. The minimum Gasteiger partial charge on any atom is -0.469 e. The van der Waals surface area contributed by atoms with Crippen LogP contribution in [-0.4, -0.2) is 13.1 Å². The summed E-state index contributed by atoms with van der Waals surface area (Å²) in [6.45, 7) is 7.07. The maximum absolute atomic E-state index is 12.6. The van der Waals surface area contributed by atoms with Gasteiger partial charge in [0.1, 0.15) is 0 Å². The first kappa shape index (κ1) is 15.7. The first-order valence-corrected chi connectivity index (χ1v) is 9.63. The molecule has 0 unspecified atom stereocenters. The smallest absolute Gasteiger partial charge is 0.311 e. The Hall–Kier alpha value is -0.790. The molecule has 3 saturated carbocycles. The highest BCUT2D eigenvalue weighted by Gasteiger charge is 2.64. The second-order valence-corrected chi connectivity index (χ2v) is 9.51. The SMILES string of the molecule is COC(=O)[C@]1(C)CCC[C@@]2(C)[C@@H]3CC[C@@H]4C[C@]3(C=C4C)CC[C@@H]21. The largest absolute Gasteiger partial charge is 0.469 e. The standard InChI is InChI=1S/C21H32O2/c1-14-12-21-11-8-16-19(2,17(21)7-6-15(14)13-21)9-5-10-20(16,3)18(22)23-4/h12,15-17H,5-11,13H2,1-4H3/t15-,16+,17+,19-,20-,21-/m1/s1. The van der Waals surface area contributed by atoms with Crippen LogP contribution in [0.15, 0.2) is 11.6 Å². The number of ether oxygens (including phenoxy) is 1. The van der Waals surface area contributed by atoms with E-state index in [1.807, 2.05) is 0 Å². The molecule has 0 radical (unpaired) electrons. The number of rotatable bonds is 1. The third kappa shape index (κ3) is 1.90. The number of esters is 1. The second kappa shape index (κ2) is 4.86. The molecule has 4 rings (SSSR count). The molecule has 0 aromatic rings. The number of carbonyl (C=O) groups excluding carboxylic acids is 1. The van der Waals surface area contributed by atoms with Gasteiger partial charge in [-0.2, -0.15) is 0 Å². The molecule has 6 atom stereocenters. The van der Waals surface area contributed by atoms with Crippen molar-refractivity contribution in [2.75, 3.05) is 7.11 Å². The third-order valence-electron chi connectivity index (χ3n) is 8.61. The molecule has 4 aliphatic rings. The van der Waals surface area contributed by atoms with Crippen LogP contribution in [0.2, 0.25) is 0 Å². The van der Waals surface area contributed by atoms with Gasteiger partial charge in [0.05, 0.1) is 12.5 Å². The van der Waals surface area contributed by atoms with Crippen LogP contribution in [0.25, 0.3) is 0 Å². The Bertz CT molecular complexity index is 564. The lowest BCUT2D eigenvalue weighted by atomic mass is 9.41. The molecule has 0 saturated heterocycles. The van der Waals surface area contributed by atoms with Crippen molar-refractivity contribution in [3.05, 3.63) is 11.6 Å². The highest BCUT2D eigenvalue weighted by atomic mass is 16.5. The van der Waals surface area contributed by atoms with Gasteiger partial charge in [-0.1, -0.05) is 25.0 Å². The van der Waals surface area contributed by atoms with Crippen LogP contribution in [0.1, 0.15) is 72.1 Å². The maximum Gasteiger partial charge on any atom is 0.311 e. The predicted molar refractivity (Wildman–Crippen MR) is 91.8 cm³/mol. The lowest BCUT2D eigenvalue weighted by molar-refractivity contribution is -0.180. The van der Waals surface area contributed by atoms with Gasteiger partial charge in [0.25, 0.3) is 0 Å². The average molecular weight is 316 g/mol. The van der Waals surface area contributed by atoms with E-state index in [2.05, 4.69) is 26.8 Å². The number of fused-ring (bicyclic) bond motifs is 3. The fourth-order valence-corrected chi connectivity index (χ4v) is 7.68. The molecule has 0 aromatic carbocycles. The molecule has 2 bridgehead atoms. The second-order valence-electron chi connectivity index (χ2n) is 9.51. The summed E-state index contributed by atoms with van der Waals surface area (Å²) in [6.07, 6.45) is 12.8. The first-order valence-electron chi connectivity index (χ1n) is 9.63. The van der Waals surface area contributed by atoms with Gasteiger partial charge in [0.15, 0.2) is 0 Å². The van der Waals surface area contributed by atoms with E-state index >= 15 is 0 Å². The van der Waals surface area contributed by atoms with Crippen molar-refractivity contribution in [1.29, 1.82) is 0 Å². The molecule has 23 heavy (non-hydrogen) atoms. The summed E-state index contributed by atoms with van der Waals surface area (Å²) < 4.78 is 5.25. The Morgan fingerprint density at radius 3 is 2.65 bits per heavy atom. The predicted octanol–water partition coefficient (Wildman–Crippen LogP) is 5.13. The molecule has 0 amide bonds. The van der Waals surface area contributed by atoms with Crippen LogP contribution in [0, 0.1) is 34.0 Å². The topological polar surface area (TPSA) is 26.3 Å². The minimum absolute atomic E-state index is 0.0382. The van der Waals surface area contributed by atoms with E-state index in [4.69, 9.17) is 4.74 Å². The molecule has 0 aromatic heterocycles. The summed E-state index contributed by atoms with van der Waals surface area (Å²) in [7, 11) is 1.57. The van der Waals surface area contributed by atoms with Gasteiger partial charge in [-0.25, -0.2) is 0 Å². The molecule has 4 aliphatic carbocycles. The van der Waals surface area contributed by atoms with Crippen molar-refractivity contribution in [3.8, 4) is 0 Å². The average Bonchev–Trinajstić information content (AvgIpc) is 2.75. The fourth-order valence-electron chi connectivity index (χ4n) is 7.68. The monoisotopic (exact) mass is 316 g/mol. The highest BCUT2D eigenvalue weighted by molar-refractivity contribution is 5.77. The summed E-state index contributed by atoms with van der Waals surface area (Å²) in [4.78, 5) is 12.6. The lowest BCUT2D eigenvalue weighted by Crippen LogP contribution is -2.58. The molecular formula is C21H32O2. The van der Waals surface area contributed by atoms with E-state index in [0.29, 0.717) is 16.7 Å². The van der Waals surface area contributed by atoms with Crippen LogP contribution in [0.3, 0.4) is 0 Å². The summed E-state index contributed by atoms with van der Waals surface area (Å²) in [5.74, 6) is 2.16. The van der Waals surface area contributed by atoms with Gasteiger partial charge in [0.2, 0.25) is 0 Å². The minimum atomic E-state index is -0.266. The fraction of sp³-hybridized carbons (Fsp3) is 0.857. The summed E-state index contributed by atoms with van der Waals surface area (Å²) in [5, 5.41) is 0. The lowest BCUT2D eigenvalue weighted by Gasteiger charge is -2.63. The summed E-state index contributed by atoms with van der Waals surface area (Å²) >= 11 is 0. The van der Waals surface area contributed by atoms with Gasteiger partial charge in [-0.15, -0.1) is 0 Å². The van der Waals surface area contributed by atoms with Crippen molar-refractivity contribution < 1.29 is 9.53 Å². The maximum atomic E-state index is 12.6. The third-order valence-corrected chi connectivity index (χ3v) is 8.61. The van der Waals surface area contributed by atoms with Crippen LogP contribution in [0.5, 0.6) is 0 Å². The van der Waals surface area contributed by atoms with Crippen molar-refractivity contribution in [2.45, 2.75) is 72.1 Å². The van der Waals surface area contributed by atoms with Crippen LogP contribution in [0.4, 0.5) is 0 Å². The van der Waals surface area contributed by atoms with E-state index in [-0.39, 0.29) is 11.4 Å². The Balaban J connectivity index is 1.74. The van der Waals surface area contributed by atoms with Crippen molar-refractivity contribution in [2.24, 2.45) is 34.0 Å². The number of allylic oxidation sites excluding steroid dienone is 2. The van der Waals surface area contributed by atoms with Crippen LogP contribution >= 0.6 is 0 Å². The van der Waals surface area contributed by atoms with E-state index < -0.39 is 0 Å². The molecule has 0 aliphatic heterocycles. The van der Waals surface area contributed by atoms with Crippen LogP contribution < -0.4 is 0 Å². The Morgan fingerprint density at radius 2 is 1.91 bits per heavy atom. The summed E-state index contributed by atoms with van der Waals surface area (Å²) in [6, 6.07) is 0. The van der Waals surface area contributed by atoms with E-state index in [9.17, 15) is 4.79 Å². The van der Waals surface area contributed by atoms with Crippen molar-refractivity contribution in [3.63, 3.8) is 0 Å². The van der Waals surface area contributed by atoms with E-state index in [1.54, 1.807) is 12.7 Å². The Labute approximate surface area is 141 Å². The zero-order valence-corrected chi connectivity index (χ0v) is 15.3. The zero-order valence-electron chi connectivity index (χ0n) is 15.3. The molecule has 1 spiro atoms. The molecule has 0 N–H and O–H groups in total. The van der Waals surface area contributed by atoms with Gasteiger partial charge < -0.3 is 4.74 Å². The van der Waals surface area contributed by atoms with E-state index in [0.717, 1.165) is 18.3 Å². The number of hydrogen-bond donors (Lipinski definition) is 0. The zero-order chi connectivity index (χ0) is 16.5. The highest BCUT2D eigenvalue weighted by Crippen LogP contribution is 2.70. The summed E-state index contributed by atoms with van der Waals surface area (Å²) in [5.41, 5.74) is 2.15. The van der Waals surface area contributed by atoms with E-state index in [1.165, 1.54) is 44.9 Å². The molecule has 128 valence electrons. The van der Waals surface area contributed by atoms with Gasteiger partial charge >= 0.3 is 5.97 Å². The van der Waals surface area contributed by atoms with Crippen molar-refractivity contribution in [1.82, 2.24) is 0 Å². The number of hydrogen-bond acceptors (Lipinski definition) is 2. The number of methoxy groups -OCH3 is 1. The van der Waals surface area contributed by atoms with Crippen LogP contribution in [-0.2, 0) is 9.53 Å². The van der Waals surface area contributed by atoms with Gasteiger partial charge in [-0.3, -0.25) is 4.79 Å². The molecule has 2 heteroatoms. The Morgan fingerprint density at radius 1 is 1.13 bits per heavy atom. The molecular weight excluding hydrogens is 284 g/mol. The first-order chi connectivity index (χ1) is 10.9. The molecule has 0 heterocycles. The Kier molecular flexibility index (Phi) is 3.32. The van der Waals surface area contributed by atoms with Gasteiger partial charge in [0, 0.05) is 0 Å². The quantitative estimate of drug-likeness (QED) is 0.495. The normalized spacial score (nSPS) is 51.5. The molecule has 3 fully saturated rings. The number of carbonyl (C=O) groups is 1. The van der Waals surface area contributed by atoms with Gasteiger partial charge in [-0.05, 0) is 87.4 Å². The van der Waals surface area contributed by atoms with Crippen molar-refractivity contribution >= 4 is 5.97 Å².